The van der Waals surface area contributed by atoms with Gasteiger partial charge >= 0.3 is 17.9 Å². The van der Waals surface area contributed by atoms with Crippen molar-refractivity contribution in [1.29, 1.82) is 0 Å². The highest BCUT2D eigenvalue weighted by Gasteiger charge is 2.19. The Morgan fingerprint density at radius 1 is 0.388 bits per heavy atom. The third-order valence-electron chi connectivity index (χ3n) is 8.90. The van der Waals surface area contributed by atoms with Crippen molar-refractivity contribution in [3.63, 3.8) is 0 Å². The zero-order valence-corrected chi connectivity index (χ0v) is 32.5. The summed E-state index contributed by atoms with van der Waals surface area (Å²) in [6, 6.07) is 0. The number of hydrogen-bond donors (Lipinski definition) is 0. The molecule has 0 N–H and O–H groups in total. The molecule has 1 atom stereocenters. The number of unbranched alkanes of at least 4 members (excludes halogenated alkanes) is 22. The van der Waals surface area contributed by atoms with Crippen molar-refractivity contribution in [3.05, 3.63) is 24.3 Å². The van der Waals surface area contributed by atoms with Crippen molar-refractivity contribution in [2.45, 2.75) is 219 Å². The fraction of sp³-hybridized carbons (Fsp3) is 0.837. The molecule has 0 aliphatic rings. The van der Waals surface area contributed by atoms with Crippen LogP contribution in [-0.2, 0) is 28.6 Å². The van der Waals surface area contributed by atoms with Gasteiger partial charge in [0, 0.05) is 19.3 Å². The summed E-state index contributed by atoms with van der Waals surface area (Å²) in [6.07, 6.45) is 41.5. The standard InChI is InChI=1S/C43H78O6/c1-4-7-9-11-13-15-17-19-21-23-25-27-29-31-33-36-42(45)48-39-40(38-47-41(44)35-6-3)49-43(46)37-34-32-30-28-26-24-22-20-18-16-14-12-10-8-5-2/h19-22,40H,4-18,23-39H2,1-3H3/b21-19-,22-20-. The Hall–Kier alpha value is -2.11. The lowest BCUT2D eigenvalue weighted by molar-refractivity contribution is -0.167. The van der Waals surface area contributed by atoms with Crippen molar-refractivity contribution in [3.8, 4) is 0 Å². The van der Waals surface area contributed by atoms with Crippen LogP contribution in [0.3, 0.4) is 0 Å². The maximum absolute atomic E-state index is 12.5. The van der Waals surface area contributed by atoms with Crippen molar-refractivity contribution >= 4 is 17.9 Å². The van der Waals surface area contributed by atoms with Crippen LogP contribution in [0.4, 0.5) is 0 Å². The maximum atomic E-state index is 12.5. The highest BCUT2D eigenvalue weighted by Crippen LogP contribution is 2.13. The van der Waals surface area contributed by atoms with E-state index in [9.17, 15) is 14.4 Å². The van der Waals surface area contributed by atoms with Crippen LogP contribution in [0.1, 0.15) is 213 Å². The van der Waals surface area contributed by atoms with E-state index in [0.29, 0.717) is 25.7 Å². The first-order valence-corrected chi connectivity index (χ1v) is 20.8. The number of rotatable bonds is 37. The number of hydrogen-bond acceptors (Lipinski definition) is 6. The molecule has 0 saturated carbocycles. The molecular formula is C43H78O6. The second-order valence-corrected chi connectivity index (χ2v) is 13.9. The summed E-state index contributed by atoms with van der Waals surface area (Å²) in [5, 5.41) is 0. The third-order valence-corrected chi connectivity index (χ3v) is 8.90. The molecule has 0 rings (SSSR count). The molecule has 0 aliphatic heterocycles. The van der Waals surface area contributed by atoms with Crippen LogP contribution >= 0.6 is 0 Å². The Morgan fingerprint density at radius 3 is 1.10 bits per heavy atom. The van der Waals surface area contributed by atoms with Gasteiger partial charge in [0.05, 0.1) is 0 Å². The van der Waals surface area contributed by atoms with Crippen molar-refractivity contribution in [1.82, 2.24) is 0 Å². The summed E-state index contributed by atoms with van der Waals surface area (Å²) in [7, 11) is 0. The Bertz CT molecular complexity index is 804. The first-order valence-electron chi connectivity index (χ1n) is 20.8. The van der Waals surface area contributed by atoms with Gasteiger partial charge in [-0.15, -0.1) is 0 Å². The van der Waals surface area contributed by atoms with E-state index in [0.717, 1.165) is 51.4 Å². The van der Waals surface area contributed by atoms with Gasteiger partial charge in [0.1, 0.15) is 13.2 Å². The van der Waals surface area contributed by atoms with Crippen LogP contribution in [0.15, 0.2) is 24.3 Å². The highest BCUT2D eigenvalue weighted by atomic mass is 16.6. The lowest BCUT2D eigenvalue weighted by atomic mass is 10.1. The third kappa shape index (κ3) is 37.0. The van der Waals surface area contributed by atoms with E-state index in [1.54, 1.807) is 0 Å². The molecule has 0 bridgehead atoms. The van der Waals surface area contributed by atoms with Gasteiger partial charge in [-0.2, -0.15) is 0 Å². The molecule has 0 radical (unpaired) electrons. The number of allylic oxidation sites excluding steroid dienone is 4. The van der Waals surface area contributed by atoms with Gasteiger partial charge in [0.15, 0.2) is 6.10 Å². The fourth-order valence-corrected chi connectivity index (χ4v) is 5.76. The maximum Gasteiger partial charge on any atom is 0.306 e. The summed E-state index contributed by atoms with van der Waals surface area (Å²) < 4.78 is 16.3. The van der Waals surface area contributed by atoms with Crippen LogP contribution < -0.4 is 0 Å². The minimum Gasteiger partial charge on any atom is -0.462 e. The van der Waals surface area contributed by atoms with E-state index in [1.165, 1.54) is 116 Å². The summed E-state index contributed by atoms with van der Waals surface area (Å²) in [4.78, 5) is 36.8. The minimum absolute atomic E-state index is 0.0819. The summed E-state index contributed by atoms with van der Waals surface area (Å²) >= 11 is 0. The second kappa shape index (κ2) is 38.7. The Labute approximate surface area is 303 Å². The topological polar surface area (TPSA) is 78.9 Å². The highest BCUT2D eigenvalue weighted by molar-refractivity contribution is 5.71. The van der Waals surface area contributed by atoms with Crippen LogP contribution in [0.25, 0.3) is 0 Å². The zero-order chi connectivity index (χ0) is 35.9. The van der Waals surface area contributed by atoms with E-state index in [4.69, 9.17) is 14.2 Å². The number of carbonyl (C=O) groups is 3. The van der Waals surface area contributed by atoms with Gasteiger partial charge in [-0.25, -0.2) is 0 Å². The first kappa shape index (κ1) is 46.9. The van der Waals surface area contributed by atoms with Gasteiger partial charge in [-0.3, -0.25) is 14.4 Å². The first-order chi connectivity index (χ1) is 24.0. The molecule has 1 unspecified atom stereocenters. The predicted octanol–water partition coefficient (Wildman–Crippen LogP) is 12.9. The SMILES string of the molecule is CCCCCCCC/C=C\CCCCCCCC(=O)OCC(COC(=O)CCC)OC(=O)CCCCCCC/C=C\CCCCCCCC. The fourth-order valence-electron chi connectivity index (χ4n) is 5.76. The van der Waals surface area contributed by atoms with E-state index in [2.05, 4.69) is 38.2 Å². The Balaban J connectivity index is 4.03. The molecule has 0 saturated heterocycles. The minimum atomic E-state index is -0.769. The van der Waals surface area contributed by atoms with Crippen molar-refractivity contribution in [2.24, 2.45) is 0 Å². The molecule has 0 spiro atoms. The molecule has 6 heteroatoms. The average Bonchev–Trinajstić information content (AvgIpc) is 3.09. The van der Waals surface area contributed by atoms with E-state index in [-0.39, 0.29) is 31.1 Å². The zero-order valence-electron chi connectivity index (χ0n) is 32.5. The van der Waals surface area contributed by atoms with Gasteiger partial charge in [-0.05, 0) is 70.6 Å². The molecule has 0 aromatic carbocycles. The normalized spacial score (nSPS) is 12.1. The Kier molecular flexibility index (Phi) is 37.0. The van der Waals surface area contributed by atoms with E-state index in [1.807, 2.05) is 6.92 Å². The quantitative estimate of drug-likeness (QED) is 0.0279. The number of esters is 3. The molecular weight excluding hydrogens is 612 g/mol. The average molecular weight is 691 g/mol. The molecule has 286 valence electrons. The van der Waals surface area contributed by atoms with Crippen molar-refractivity contribution < 1.29 is 28.6 Å². The van der Waals surface area contributed by atoms with Gasteiger partial charge < -0.3 is 14.2 Å². The van der Waals surface area contributed by atoms with Crippen molar-refractivity contribution in [2.75, 3.05) is 13.2 Å². The van der Waals surface area contributed by atoms with Crippen LogP contribution in [-0.4, -0.2) is 37.2 Å². The molecule has 0 heterocycles. The molecule has 0 aromatic heterocycles. The molecule has 0 aromatic rings. The lowest BCUT2D eigenvalue weighted by Gasteiger charge is -2.18. The predicted molar refractivity (Wildman–Crippen MR) is 206 cm³/mol. The van der Waals surface area contributed by atoms with Crippen LogP contribution in [0.2, 0.25) is 0 Å². The largest absolute Gasteiger partial charge is 0.462 e. The molecule has 0 fully saturated rings. The lowest BCUT2D eigenvalue weighted by Crippen LogP contribution is -2.30. The Morgan fingerprint density at radius 2 is 0.714 bits per heavy atom. The molecule has 49 heavy (non-hydrogen) atoms. The summed E-state index contributed by atoms with van der Waals surface area (Å²) in [5.74, 6) is -0.960. The monoisotopic (exact) mass is 691 g/mol. The van der Waals surface area contributed by atoms with E-state index < -0.39 is 6.10 Å². The van der Waals surface area contributed by atoms with E-state index >= 15 is 0 Å². The van der Waals surface area contributed by atoms with Gasteiger partial charge in [0.25, 0.3) is 0 Å². The molecule has 0 aliphatic carbocycles. The van der Waals surface area contributed by atoms with Crippen LogP contribution in [0.5, 0.6) is 0 Å². The van der Waals surface area contributed by atoms with Gasteiger partial charge in [0.2, 0.25) is 0 Å². The smallest absolute Gasteiger partial charge is 0.306 e. The molecule has 0 amide bonds. The number of carbonyl (C=O) groups excluding carboxylic acids is 3. The second-order valence-electron chi connectivity index (χ2n) is 13.9. The summed E-state index contributed by atoms with van der Waals surface area (Å²) in [5.41, 5.74) is 0. The summed E-state index contributed by atoms with van der Waals surface area (Å²) in [6.45, 7) is 6.25. The van der Waals surface area contributed by atoms with Crippen LogP contribution in [0, 0.1) is 0 Å². The number of ether oxygens (including phenoxy) is 3. The van der Waals surface area contributed by atoms with Gasteiger partial charge in [-0.1, -0.05) is 148 Å². The molecule has 6 nitrogen and oxygen atoms in total.